The van der Waals surface area contributed by atoms with Gasteiger partial charge in [-0.15, -0.1) is 0 Å². The molecular formula is C16H20N4O3. The van der Waals surface area contributed by atoms with Crippen molar-refractivity contribution in [2.24, 2.45) is 7.05 Å². The van der Waals surface area contributed by atoms with Gasteiger partial charge in [0.25, 0.3) is 11.5 Å². The highest BCUT2D eigenvalue weighted by Gasteiger charge is 2.27. The Hall–Kier alpha value is -2.44. The van der Waals surface area contributed by atoms with Gasteiger partial charge in [0.2, 0.25) is 5.76 Å². The van der Waals surface area contributed by atoms with E-state index in [0.29, 0.717) is 30.8 Å². The van der Waals surface area contributed by atoms with Crippen LogP contribution in [-0.2, 0) is 20.0 Å². The van der Waals surface area contributed by atoms with Crippen LogP contribution in [0, 0.1) is 0 Å². The first-order valence-corrected chi connectivity index (χ1v) is 7.80. The number of aryl methyl sites for hydroxylation is 1. The Bertz CT molecular complexity index is 793. The minimum Gasteiger partial charge on any atom is -0.351 e. The van der Waals surface area contributed by atoms with Gasteiger partial charge < -0.3 is 14.0 Å². The van der Waals surface area contributed by atoms with Crippen molar-refractivity contribution < 1.29 is 9.32 Å². The van der Waals surface area contributed by atoms with Crippen LogP contribution in [0.1, 0.15) is 53.7 Å². The number of hydrogen-bond acceptors (Lipinski definition) is 5. The van der Waals surface area contributed by atoms with Gasteiger partial charge in [0.05, 0.1) is 24.3 Å². The summed E-state index contributed by atoms with van der Waals surface area (Å²) in [6.07, 6.45) is 2.93. The van der Waals surface area contributed by atoms with Crippen LogP contribution >= 0.6 is 0 Å². The Kier molecular flexibility index (Phi) is 4.02. The average molecular weight is 316 g/mol. The zero-order valence-corrected chi connectivity index (χ0v) is 13.6. The maximum absolute atomic E-state index is 12.6. The molecule has 1 aliphatic rings. The van der Waals surface area contributed by atoms with E-state index >= 15 is 0 Å². The number of nitrogens with zero attached hydrogens (tertiary/aromatic N) is 4. The highest BCUT2D eigenvalue weighted by Crippen LogP contribution is 2.21. The van der Waals surface area contributed by atoms with Gasteiger partial charge in [-0.1, -0.05) is 19.0 Å². The lowest BCUT2D eigenvalue weighted by Crippen LogP contribution is -2.39. The molecule has 1 atom stereocenters. The van der Waals surface area contributed by atoms with Gasteiger partial charge in [0.1, 0.15) is 0 Å². The Morgan fingerprint density at radius 1 is 1.48 bits per heavy atom. The lowest BCUT2D eigenvalue weighted by molar-refractivity contribution is 0.0688. The van der Waals surface area contributed by atoms with Gasteiger partial charge in [-0.2, -0.15) is 0 Å². The van der Waals surface area contributed by atoms with Crippen LogP contribution in [0.3, 0.4) is 0 Å². The summed E-state index contributed by atoms with van der Waals surface area (Å²) in [6.45, 7) is 4.91. The van der Waals surface area contributed by atoms with Gasteiger partial charge >= 0.3 is 0 Å². The minimum atomic E-state index is -0.208. The summed E-state index contributed by atoms with van der Waals surface area (Å²) in [4.78, 5) is 30.6. The van der Waals surface area contributed by atoms with Gasteiger partial charge in [-0.3, -0.25) is 9.59 Å². The molecule has 3 rings (SSSR count). The number of carbonyl (C=O) groups is 1. The Labute approximate surface area is 133 Å². The van der Waals surface area contributed by atoms with E-state index in [2.05, 4.69) is 17.1 Å². The van der Waals surface area contributed by atoms with Gasteiger partial charge in [-0.05, 0) is 12.8 Å². The summed E-state index contributed by atoms with van der Waals surface area (Å²) >= 11 is 0. The van der Waals surface area contributed by atoms with Crippen molar-refractivity contribution in [3.05, 3.63) is 45.5 Å². The second-order valence-electron chi connectivity index (χ2n) is 5.99. The van der Waals surface area contributed by atoms with E-state index in [0.717, 1.165) is 12.1 Å². The third kappa shape index (κ3) is 2.78. The van der Waals surface area contributed by atoms with Crippen LogP contribution < -0.4 is 5.56 Å². The van der Waals surface area contributed by atoms with Crippen molar-refractivity contribution in [3.63, 3.8) is 0 Å². The van der Waals surface area contributed by atoms with Crippen LogP contribution in [0.5, 0.6) is 0 Å². The molecule has 1 aliphatic heterocycles. The number of amides is 1. The molecule has 122 valence electrons. The van der Waals surface area contributed by atoms with E-state index < -0.39 is 0 Å². The molecule has 0 aromatic carbocycles. The fourth-order valence-electron chi connectivity index (χ4n) is 2.68. The molecule has 7 heteroatoms. The number of carbonyl (C=O) groups excluding carboxylic acids is 1. The molecule has 0 aliphatic carbocycles. The molecule has 0 spiro atoms. The minimum absolute atomic E-state index is 0.0409. The van der Waals surface area contributed by atoms with E-state index in [1.54, 1.807) is 18.0 Å². The van der Waals surface area contributed by atoms with Crippen molar-refractivity contribution >= 4 is 5.91 Å². The normalized spacial score (nSPS) is 15.3. The standard InChI is InChI=1S/C16H20N4O3/c1-4-10(2)12-7-14(23-18-12)16(22)20-6-5-11-13(8-20)17-9-19(3)15(11)21/h7,9-10H,4-6,8H2,1-3H3. The second-order valence-corrected chi connectivity index (χ2v) is 5.99. The van der Waals surface area contributed by atoms with Crippen LogP contribution in [0.2, 0.25) is 0 Å². The largest absolute Gasteiger partial charge is 0.351 e. The molecule has 0 radical (unpaired) electrons. The van der Waals surface area contributed by atoms with E-state index in [1.165, 1.54) is 10.9 Å². The summed E-state index contributed by atoms with van der Waals surface area (Å²) < 4.78 is 6.67. The summed E-state index contributed by atoms with van der Waals surface area (Å²) in [6, 6.07) is 1.71. The van der Waals surface area contributed by atoms with E-state index in [4.69, 9.17) is 4.52 Å². The maximum atomic E-state index is 12.6. The van der Waals surface area contributed by atoms with Crippen molar-refractivity contribution in [3.8, 4) is 0 Å². The topological polar surface area (TPSA) is 81.2 Å². The Morgan fingerprint density at radius 2 is 2.26 bits per heavy atom. The van der Waals surface area contributed by atoms with Crippen molar-refractivity contribution in [2.45, 2.75) is 39.2 Å². The molecular weight excluding hydrogens is 296 g/mol. The smallest absolute Gasteiger partial charge is 0.292 e. The van der Waals surface area contributed by atoms with E-state index in [-0.39, 0.29) is 23.1 Å². The molecule has 0 N–H and O–H groups in total. The third-order valence-corrected chi connectivity index (χ3v) is 4.43. The SMILES string of the molecule is CCC(C)c1cc(C(=O)N2CCc3c(ncn(C)c3=O)C2)on1. The molecule has 23 heavy (non-hydrogen) atoms. The molecule has 0 bridgehead atoms. The lowest BCUT2D eigenvalue weighted by atomic mass is 10.0. The van der Waals surface area contributed by atoms with Crippen molar-refractivity contribution in [2.75, 3.05) is 6.54 Å². The van der Waals surface area contributed by atoms with Gasteiger partial charge in [0, 0.05) is 31.1 Å². The molecule has 7 nitrogen and oxygen atoms in total. The van der Waals surface area contributed by atoms with Gasteiger partial charge in [-0.25, -0.2) is 4.98 Å². The molecule has 0 saturated heterocycles. The zero-order chi connectivity index (χ0) is 16.6. The Morgan fingerprint density at radius 3 is 3.00 bits per heavy atom. The number of fused-ring (bicyclic) bond motifs is 1. The zero-order valence-electron chi connectivity index (χ0n) is 13.6. The third-order valence-electron chi connectivity index (χ3n) is 4.43. The van der Waals surface area contributed by atoms with Crippen LogP contribution in [0.4, 0.5) is 0 Å². The van der Waals surface area contributed by atoms with E-state index in [9.17, 15) is 9.59 Å². The molecule has 1 unspecified atom stereocenters. The Balaban J connectivity index is 1.81. The van der Waals surface area contributed by atoms with Crippen LogP contribution in [-0.4, -0.2) is 32.1 Å². The summed E-state index contributed by atoms with van der Waals surface area (Å²) in [5.74, 6) is 0.292. The fourth-order valence-corrected chi connectivity index (χ4v) is 2.68. The predicted octanol–water partition coefficient (Wildman–Crippen LogP) is 1.48. The highest BCUT2D eigenvalue weighted by molar-refractivity contribution is 5.91. The van der Waals surface area contributed by atoms with Gasteiger partial charge in [0.15, 0.2) is 0 Å². The number of hydrogen-bond donors (Lipinski definition) is 0. The summed E-state index contributed by atoms with van der Waals surface area (Å²) in [7, 11) is 1.68. The van der Waals surface area contributed by atoms with Crippen molar-refractivity contribution in [1.29, 1.82) is 0 Å². The molecule has 3 heterocycles. The number of aromatic nitrogens is 3. The monoisotopic (exact) mass is 316 g/mol. The molecule has 1 amide bonds. The van der Waals surface area contributed by atoms with Crippen LogP contribution in [0.25, 0.3) is 0 Å². The predicted molar refractivity (Wildman–Crippen MR) is 83.1 cm³/mol. The molecule has 2 aromatic heterocycles. The first-order valence-electron chi connectivity index (χ1n) is 7.80. The fraction of sp³-hybridized carbons (Fsp3) is 0.500. The lowest BCUT2D eigenvalue weighted by Gasteiger charge is -2.26. The first kappa shape index (κ1) is 15.5. The quantitative estimate of drug-likeness (QED) is 0.856. The first-order chi connectivity index (χ1) is 11.0. The second kappa shape index (κ2) is 5.98. The van der Waals surface area contributed by atoms with E-state index in [1.807, 2.05) is 6.92 Å². The van der Waals surface area contributed by atoms with Crippen molar-refractivity contribution in [1.82, 2.24) is 19.6 Å². The molecule has 2 aromatic rings. The van der Waals surface area contributed by atoms with Crippen LogP contribution in [0.15, 0.2) is 21.7 Å². The summed E-state index contributed by atoms with van der Waals surface area (Å²) in [5, 5.41) is 3.98. The molecule has 0 fully saturated rings. The summed E-state index contributed by atoms with van der Waals surface area (Å²) in [5.41, 5.74) is 2.10. The molecule has 0 saturated carbocycles. The maximum Gasteiger partial charge on any atom is 0.292 e. The number of rotatable bonds is 3. The highest BCUT2D eigenvalue weighted by atomic mass is 16.5. The average Bonchev–Trinajstić information content (AvgIpc) is 3.06.